The molecule has 5 heteroatoms. The van der Waals surface area contributed by atoms with Gasteiger partial charge >= 0.3 is 5.97 Å². The third-order valence-electron chi connectivity index (χ3n) is 3.24. The minimum atomic E-state index is -0.458. The number of rotatable bonds is 5. The standard InChI is InChI=1S/C15H21NO4/c1-2-18-13-8-5-7-12(16)14(13)15(17)20-10-11-6-3-4-9-19-11/h5,7-8,11H,2-4,6,9-10,16H2,1H3. The highest BCUT2D eigenvalue weighted by Gasteiger charge is 2.21. The van der Waals surface area contributed by atoms with Gasteiger partial charge < -0.3 is 19.9 Å². The van der Waals surface area contributed by atoms with Crippen LogP contribution in [0.4, 0.5) is 5.69 Å². The summed E-state index contributed by atoms with van der Waals surface area (Å²) < 4.78 is 16.3. The molecule has 1 heterocycles. The van der Waals surface area contributed by atoms with Crippen LogP contribution in [0.1, 0.15) is 36.5 Å². The number of hydrogen-bond acceptors (Lipinski definition) is 5. The van der Waals surface area contributed by atoms with Crippen LogP contribution >= 0.6 is 0 Å². The summed E-state index contributed by atoms with van der Waals surface area (Å²) in [5.41, 5.74) is 6.51. The van der Waals surface area contributed by atoms with Crippen LogP contribution in [0.2, 0.25) is 0 Å². The zero-order valence-corrected chi connectivity index (χ0v) is 11.8. The molecule has 0 saturated carbocycles. The number of esters is 1. The fourth-order valence-corrected chi connectivity index (χ4v) is 2.22. The molecule has 1 saturated heterocycles. The smallest absolute Gasteiger partial charge is 0.344 e. The van der Waals surface area contributed by atoms with Gasteiger partial charge in [-0.1, -0.05) is 6.07 Å². The molecule has 1 aromatic rings. The van der Waals surface area contributed by atoms with E-state index in [0.29, 0.717) is 23.6 Å². The number of hydrogen-bond donors (Lipinski definition) is 1. The first-order valence-electron chi connectivity index (χ1n) is 7.02. The molecule has 1 fully saturated rings. The third-order valence-corrected chi connectivity index (χ3v) is 3.24. The summed E-state index contributed by atoms with van der Waals surface area (Å²) in [6, 6.07) is 5.13. The summed E-state index contributed by atoms with van der Waals surface area (Å²) in [6.07, 6.45) is 3.11. The fraction of sp³-hybridized carbons (Fsp3) is 0.533. The highest BCUT2D eigenvalue weighted by molar-refractivity contribution is 5.98. The lowest BCUT2D eigenvalue weighted by Gasteiger charge is -2.22. The van der Waals surface area contributed by atoms with E-state index >= 15 is 0 Å². The van der Waals surface area contributed by atoms with Crippen molar-refractivity contribution < 1.29 is 19.0 Å². The second kappa shape index (κ2) is 7.14. The minimum Gasteiger partial charge on any atom is -0.493 e. The van der Waals surface area contributed by atoms with E-state index in [1.807, 2.05) is 6.92 Å². The molecule has 1 aromatic carbocycles. The second-order valence-electron chi connectivity index (χ2n) is 4.74. The Kier molecular flexibility index (Phi) is 5.24. The summed E-state index contributed by atoms with van der Waals surface area (Å²) in [6.45, 7) is 3.32. The van der Waals surface area contributed by atoms with Crippen LogP contribution in [0.5, 0.6) is 5.75 Å². The van der Waals surface area contributed by atoms with E-state index in [2.05, 4.69) is 0 Å². The van der Waals surface area contributed by atoms with Crippen molar-refractivity contribution in [1.82, 2.24) is 0 Å². The number of nitrogens with two attached hydrogens (primary N) is 1. The number of ether oxygens (including phenoxy) is 3. The predicted octanol–water partition coefficient (Wildman–Crippen LogP) is 2.39. The highest BCUT2D eigenvalue weighted by Crippen LogP contribution is 2.25. The van der Waals surface area contributed by atoms with Crippen molar-refractivity contribution in [3.63, 3.8) is 0 Å². The molecule has 110 valence electrons. The van der Waals surface area contributed by atoms with Crippen LogP contribution in [0.15, 0.2) is 18.2 Å². The molecule has 2 rings (SSSR count). The SMILES string of the molecule is CCOc1cccc(N)c1C(=O)OCC1CCCCO1. The summed E-state index contributed by atoms with van der Waals surface area (Å²) >= 11 is 0. The van der Waals surface area contributed by atoms with E-state index in [4.69, 9.17) is 19.9 Å². The normalized spacial score (nSPS) is 18.6. The maximum absolute atomic E-state index is 12.2. The zero-order valence-electron chi connectivity index (χ0n) is 11.8. The first-order valence-corrected chi connectivity index (χ1v) is 7.02. The average Bonchev–Trinajstić information content (AvgIpc) is 2.46. The van der Waals surface area contributed by atoms with Crippen LogP contribution in [0.25, 0.3) is 0 Å². The Morgan fingerprint density at radius 2 is 2.30 bits per heavy atom. The van der Waals surface area contributed by atoms with E-state index in [-0.39, 0.29) is 12.7 Å². The third kappa shape index (κ3) is 3.63. The van der Waals surface area contributed by atoms with E-state index in [9.17, 15) is 4.79 Å². The van der Waals surface area contributed by atoms with Gasteiger partial charge in [-0.15, -0.1) is 0 Å². The minimum absolute atomic E-state index is 0.00631. The number of nitrogen functional groups attached to an aromatic ring is 1. The molecular formula is C15H21NO4. The maximum atomic E-state index is 12.2. The topological polar surface area (TPSA) is 70.8 Å². The first-order chi connectivity index (χ1) is 9.72. The summed E-state index contributed by atoms with van der Waals surface area (Å²) in [5, 5.41) is 0. The molecule has 0 spiro atoms. The van der Waals surface area contributed by atoms with E-state index in [1.54, 1.807) is 18.2 Å². The van der Waals surface area contributed by atoms with Crippen LogP contribution in [0, 0.1) is 0 Å². The summed E-state index contributed by atoms with van der Waals surface area (Å²) in [4.78, 5) is 12.2. The van der Waals surface area contributed by atoms with Crippen LogP contribution in [0.3, 0.4) is 0 Å². The Bertz CT molecular complexity index is 455. The molecular weight excluding hydrogens is 258 g/mol. The van der Waals surface area contributed by atoms with Crippen molar-refractivity contribution in [2.75, 3.05) is 25.6 Å². The van der Waals surface area contributed by atoms with Gasteiger partial charge in [-0.05, 0) is 38.3 Å². The van der Waals surface area contributed by atoms with Gasteiger partial charge in [0.2, 0.25) is 0 Å². The monoisotopic (exact) mass is 279 g/mol. The lowest BCUT2D eigenvalue weighted by Crippen LogP contribution is -2.26. The van der Waals surface area contributed by atoms with Gasteiger partial charge in [0.1, 0.15) is 17.9 Å². The zero-order chi connectivity index (χ0) is 14.4. The van der Waals surface area contributed by atoms with Crippen molar-refractivity contribution in [1.29, 1.82) is 0 Å². The number of carbonyl (C=O) groups excluding carboxylic acids is 1. The maximum Gasteiger partial charge on any atom is 0.344 e. The van der Waals surface area contributed by atoms with Crippen LogP contribution < -0.4 is 10.5 Å². The number of anilines is 1. The molecule has 1 aliphatic heterocycles. The van der Waals surface area contributed by atoms with E-state index in [1.165, 1.54) is 0 Å². The summed E-state index contributed by atoms with van der Waals surface area (Å²) in [5.74, 6) is 0.00258. The van der Waals surface area contributed by atoms with E-state index < -0.39 is 5.97 Å². The van der Waals surface area contributed by atoms with Crippen molar-refractivity contribution in [2.45, 2.75) is 32.3 Å². The van der Waals surface area contributed by atoms with E-state index in [0.717, 1.165) is 25.9 Å². The quantitative estimate of drug-likeness (QED) is 0.662. The average molecular weight is 279 g/mol. The lowest BCUT2D eigenvalue weighted by atomic mass is 10.1. The molecule has 0 aliphatic carbocycles. The van der Waals surface area contributed by atoms with Gasteiger partial charge in [-0.2, -0.15) is 0 Å². The molecule has 2 N–H and O–H groups in total. The van der Waals surface area contributed by atoms with Crippen LogP contribution in [-0.2, 0) is 9.47 Å². The number of benzene rings is 1. The first kappa shape index (κ1) is 14.7. The molecule has 1 atom stereocenters. The Balaban J connectivity index is 2.00. The molecule has 1 aliphatic rings. The predicted molar refractivity (Wildman–Crippen MR) is 75.9 cm³/mol. The molecule has 0 bridgehead atoms. The Morgan fingerprint density at radius 3 is 3.00 bits per heavy atom. The van der Waals surface area contributed by atoms with Crippen molar-refractivity contribution >= 4 is 11.7 Å². The molecule has 0 radical (unpaired) electrons. The fourth-order valence-electron chi connectivity index (χ4n) is 2.22. The largest absolute Gasteiger partial charge is 0.493 e. The van der Waals surface area contributed by atoms with Gasteiger partial charge in [0, 0.05) is 12.3 Å². The van der Waals surface area contributed by atoms with Gasteiger partial charge in [0.25, 0.3) is 0 Å². The molecule has 20 heavy (non-hydrogen) atoms. The molecule has 0 amide bonds. The molecule has 0 aromatic heterocycles. The van der Waals surface area contributed by atoms with Crippen LogP contribution in [-0.4, -0.2) is 31.9 Å². The lowest BCUT2D eigenvalue weighted by molar-refractivity contribution is -0.0301. The van der Waals surface area contributed by atoms with Crippen molar-refractivity contribution in [3.8, 4) is 5.75 Å². The second-order valence-corrected chi connectivity index (χ2v) is 4.74. The van der Waals surface area contributed by atoms with Gasteiger partial charge in [0.15, 0.2) is 0 Å². The number of carbonyl (C=O) groups is 1. The van der Waals surface area contributed by atoms with Gasteiger partial charge in [-0.3, -0.25) is 0 Å². The Morgan fingerprint density at radius 1 is 1.45 bits per heavy atom. The highest BCUT2D eigenvalue weighted by atomic mass is 16.6. The molecule has 5 nitrogen and oxygen atoms in total. The Hall–Kier alpha value is -1.75. The van der Waals surface area contributed by atoms with Gasteiger partial charge in [0.05, 0.1) is 12.7 Å². The molecule has 1 unspecified atom stereocenters. The van der Waals surface area contributed by atoms with Crippen molar-refractivity contribution in [2.24, 2.45) is 0 Å². The van der Waals surface area contributed by atoms with Gasteiger partial charge in [-0.25, -0.2) is 4.79 Å². The van der Waals surface area contributed by atoms with Crippen molar-refractivity contribution in [3.05, 3.63) is 23.8 Å². The summed E-state index contributed by atoms with van der Waals surface area (Å²) in [7, 11) is 0. The Labute approximate surface area is 119 Å².